The van der Waals surface area contributed by atoms with E-state index < -0.39 is 101 Å². The number of carbonyl (C=O) groups excluding carboxylic acids is 3. The number of aliphatic hydroxyl groups is 1. The maximum atomic E-state index is 14.7. The molecular formula is C58H89N3O16. The Morgan fingerprint density at radius 3 is 2.29 bits per heavy atom. The number of methoxy groups -OCH3 is 1. The zero-order chi connectivity index (χ0) is 56.9. The van der Waals surface area contributed by atoms with Crippen LogP contribution in [-0.4, -0.2) is 164 Å². The summed E-state index contributed by atoms with van der Waals surface area (Å²) in [5.41, 5.74) is -1.81. The summed E-state index contributed by atoms with van der Waals surface area (Å²) in [4.78, 5) is 68.7. The summed E-state index contributed by atoms with van der Waals surface area (Å²) in [6, 6.07) is 5.38. The number of aromatic nitrogens is 1. The first-order valence-electron chi connectivity index (χ1n) is 27.7. The number of aromatic carboxylic acids is 1. The van der Waals surface area contributed by atoms with Gasteiger partial charge < -0.3 is 67.6 Å². The molecule has 4 fully saturated rings. The Kier molecular flexibility index (Phi) is 20.8. The fourth-order valence-corrected chi connectivity index (χ4v) is 12.3. The number of nitrogens with one attached hydrogen (secondary N) is 1. The van der Waals surface area contributed by atoms with Gasteiger partial charge in [0.15, 0.2) is 24.3 Å². The number of aryl methyl sites for hydroxylation is 2. The van der Waals surface area contributed by atoms with Crippen molar-refractivity contribution in [2.45, 2.75) is 200 Å². The van der Waals surface area contributed by atoms with E-state index in [9.17, 15) is 34.2 Å². The van der Waals surface area contributed by atoms with Gasteiger partial charge >= 0.3 is 18.1 Å². The molecule has 432 valence electrons. The molecule has 19 nitrogen and oxygen atoms in total. The van der Waals surface area contributed by atoms with Gasteiger partial charge in [-0.3, -0.25) is 14.4 Å². The molecule has 19 heteroatoms. The van der Waals surface area contributed by atoms with Gasteiger partial charge in [0.05, 0.1) is 47.9 Å². The lowest BCUT2D eigenvalue weighted by atomic mass is 9.73. The number of likely N-dealkylation sites (N-methyl/N-ethyl adjacent to an activating group) is 1. The Morgan fingerprint density at radius 1 is 0.948 bits per heavy atom. The van der Waals surface area contributed by atoms with E-state index in [1.807, 2.05) is 71.8 Å². The smallest absolute Gasteiger partial charge is 0.477 e. The van der Waals surface area contributed by atoms with Gasteiger partial charge in [-0.25, -0.2) is 9.59 Å². The number of Topliss-reactive ketones (excluding diaryl/α,β-unsaturated/α-hetero) is 1. The summed E-state index contributed by atoms with van der Waals surface area (Å²) >= 11 is 0. The van der Waals surface area contributed by atoms with Crippen molar-refractivity contribution in [3.8, 4) is 0 Å². The summed E-state index contributed by atoms with van der Waals surface area (Å²) in [6.45, 7) is 27.5. The Balaban J connectivity index is 1.15. The number of esters is 1. The van der Waals surface area contributed by atoms with E-state index in [2.05, 4.69) is 25.7 Å². The molecular weight excluding hydrogens is 995 g/mol. The van der Waals surface area contributed by atoms with Crippen LogP contribution in [0, 0.1) is 29.1 Å². The van der Waals surface area contributed by atoms with Crippen molar-refractivity contribution in [2.24, 2.45) is 29.1 Å². The number of hydrogen-bond acceptors (Lipinski definition) is 17. The topological polar surface area (TPSA) is 229 Å². The standard InChI is InChI=1S/C58H89N3O16/c1-16-44-58(12)50(76-55(68)77-58)36(7)46(62)32(3)28-57(11,69-15)49(75-54-48(64)43(60(13)14)26-33(4)72-54)34(5)41(35(6)53(67)74-44)31-71-45-29-56(9,10)51(37(8)73-45)70-25-19-24-59-23-18-20-38-21-22-42-39(27-38)47(63)40(52(65)66)30-61(42)17-2/h21-22,27,30,32-33,35-37,41,43-45,48-51,54,59,64H,5,16-20,23-26,28-29,31H2,1-4,6-15H3,(H,65,66)/t32-,33?,35?,36?,37?,41?,43?,44-,45-,48+,49?,50?,51?,54+,57?,58-/m0/s1. The second kappa shape index (κ2) is 25.9. The molecule has 0 aliphatic carbocycles. The van der Waals surface area contributed by atoms with E-state index in [4.69, 9.17) is 42.6 Å². The van der Waals surface area contributed by atoms with E-state index in [0.717, 1.165) is 37.9 Å². The number of benzene rings is 1. The van der Waals surface area contributed by atoms with Crippen LogP contribution in [0.2, 0.25) is 0 Å². The normalized spacial score (nSPS) is 35.3. The van der Waals surface area contributed by atoms with Crippen LogP contribution in [-0.2, 0) is 65.2 Å². The molecule has 6 rings (SSSR count). The third-order valence-electron chi connectivity index (χ3n) is 16.9. The lowest BCUT2D eigenvalue weighted by molar-refractivity contribution is -0.285. The number of ketones is 1. The van der Waals surface area contributed by atoms with Crippen molar-refractivity contribution in [1.82, 2.24) is 14.8 Å². The molecule has 0 spiro atoms. The summed E-state index contributed by atoms with van der Waals surface area (Å²) in [7, 11) is 5.29. The average Bonchev–Trinajstić information content (AvgIpc) is 3.69. The fourth-order valence-electron chi connectivity index (χ4n) is 12.3. The van der Waals surface area contributed by atoms with Crippen molar-refractivity contribution in [3.05, 3.63) is 57.9 Å². The number of fused-ring (bicyclic) bond motifs is 2. The van der Waals surface area contributed by atoms with E-state index in [0.29, 0.717) is 42.5 Å². The molecule has 3 N–H and O–H groups in total. The van der Waals surface area contributed by atoms with Gasteiger partial charge in [0.25, 0.3) is 0 Å². The monoisotopic (exact) mass is 1080 g/mol. The molecule has 4 aliphatic heterocycles. The SMILES string of the molecule is C=C1C(CO[C@@H]2CC(C)(C)C(OCCCNCCCc3ccc4c(c3)c(=O)c(C(=O)O)cn4CC)C(C)O2)C(C)C(=O)O[C@@H](CC)[C@]2(C)OC(=O)OC2C(C)C(=O)[C@@H](C)CC(C)(OC)C1O[C@H]1OC(C)CC(N(C)C)[C@H]1O. The van der Waals surface area contributed by atoms with Crippen molar-refractivity contribution in [3.63, 3.8) is 0 Å². The van der Waals surface area contributed by atoms with E-state index >= 15 is 0 Å². The number of ether oxygens (including phenoxy) is 9. The van der Waals surface area contributed by atoms with Gasteiger partial charge in [-0.15, -0.1) is 0 Å². The van der Waals surface area contributed by atoms with Gasteiger partial charge in [-0.1, -0.05) is 54.2 Å². The van der Waals surface area contributed by atoms with Crippen molar-refractivity contribution in [1.29, 1.82) is 0 Å². The minimum atomic E-state index is -1.48. The molecule has 1 aromatic carbocycles. The molecule has 4 saturated heterocycles. The Hall–Kier alpha value is -4.31. The molecule has 77 heavy (non-hydrogen) atoms. The van der Waals surface area contributed by atoms with Crippen LogP contribution in [0.1, 0.15) is 131 Å². The summed E-state index contributed by atoms with van der Waals surface area (Å²) < 4.78 is 59.0. The highest BCUT2D eigenvalue weighted by molar-refractivity contribution is 5.92. The highest BCUT2D eigenvalue weighted by Crippen LogP contribution is 2.44. The molecule has 0 radical (unpaired) electrons. The first-order valence-corrected chi connectivity index (χ1v) is 27.7. The van der Waals surface area contributed by atoms with Gasteiger partial charge in [-0.2, -0.15) is 0 Å². The van der Waals surface area contributed by atoms with Gasteiger partial charge in [0.2, 0.25) is 5.43 Å². The van der Waals surface area contributed by atoms with Crippen molar-refractivity contribution >= 4 is 34.8 Å². The number of carboxylic acid groups (broad SMARTS) is 1. The van der Waals surface area contributed by atoms with E-state index in [1.54, 1.807) is 32.3 Å². The number of rotatable bonds is 19. The van der Waals surface area contributed by atoms with Crippen LogP contribution in [0.25, 0.3) is 10.9 Å². The molecule has 10 unspecified atom stereocenters. The molecule has 0 saturated carbocycles. The zero-order valence-corrected chi connectivity index (χ0v) is 48.1. The zero-order valence-electron chi connectivity index (χ0n) is 48.1. The van der Waals surface area contributed by atoms with E-state index in [1.165, 1.54) is 13.3 Å². The first kappa shape index (κ1) is 61.9. The fraction of sp³-hybridized carbons (Fsp3) is 0.741. The Bertz CT molecular complexity index is 2460. The van der Waals surface area contributed by atoms with Crippen LogP contribution in [0.15, 0.2) is 41.3 Å². The Labute approximate surface area is 454 Å². The maximum Gasteiger partial charge on any atom is 0.509 e. The number of carbonyl (C=O) groups is 4. The van der Waals surface area contributed by atoms with E-state index in [-0.39, 0.29) is 55.1 Å². The Morgan fingerprint density at radius 2 is 1.65 bits per heavy atom. The minimum Gasteiger partial charge on any atom is -0.477 e. The van der Waals surface area contributed by atoms with Gasteiger partial charge in [0.1, 0.15) is 29.7 Å². The number of hydrogen-bond donors (Lipinski definition) is 3. The summed E-state index contributed by atoms with van der Waals surface area (Å²) in [5.74, 6) is -5.37. The number of pyridine rings is 1. The van der Waals surface area contributed by atoms with Crippen molar-refractivity contribution in [2.75, 3.05) is 47.5 Å². The number of nitrogens with zero attached hydrogens (tertiary/aromatic N) is 2. The third-order valence-corrected chi connectivity index (χ3v) is 16.9. The first-order chi connectivity index (χ1) is 36.2. The number of aliphatic hydroxyl groups excluding tert-OH is 1. The lowest BCUT2D eigenvalue weighted by Gasteiger charge is -2.47. The molecule has 16 atom stereocenters. The van der Waals surface area contributed by atoms with Gasteiger partial charge in [-0.05, 0) is 129 Å². The van der Waals surface area contributed by atoms with Crippen LogP contribution in [0.4, 0.5) is 4.79 Å². The second-order valence-electron chi connectivity index (χ2n) is 23.4. The highest BCUT2D eigenvalue weighted by atomic mass is 16.8. The third kappa shape index (κ3) is 13.8. The highest BCUT2D eigenvalue weighted by Gasteiger charge is 2.59. The molecule has 4 aliphatic rings. The summed E-state index contributed by atoms with van der Waals surface area (Å²) in [6.07, 6.45) is -2.86. The predicted octanol–water partition coefficient (Wildman–Crippen LogP) is 7.08. The van der Waals surface area contributed by atoms with Crippen LogP contribution >= 0.6 is 0 Å². The quantitative estimate of drug-likeness (QED) is 0.0725. The molecule has 1 aromatic heterocycles. The number of cyclic esters (lactones) is 1. The number of carboxylic acids is 1. The largest absolute Gasteiger partial charge is 0.509 e. The molecule has 0 amide bonds. The average molecular weight is 1080 g/mol. The molecule has 5 heterocycles. The van der Waals surface area contributed by atoms with Crippen LogP contribution in [0.3, 0.4) is 0 Å². The molecule has 2 aromatic rings. The minimum absolute atomic E-state index is 0.0738. The van der Waals surface area contributed by atoms with Crippen LogP contribution < -0.4 is 10.7 Å². The predicted molar refractivity (Wildman–Crippen MR) is 287 cm³/mol. The second-order valence-corrected chi connectivity index (χ2v) is 23.4. The lowest BCUT2D eigenvalue weighted by Crippen LogP contribution is -2.58. The van der Waals surface area contributed by atoms with Crippen molar-refractivity contribution < 1.29 is 72.0 Å². The van der Waals surface area contributed by atoms with Crippen LogP contribution in [0.5, 0.6) is 0 Å². The van der Waals surface area contributed by atoms with Gasteiger partial charge in [0, 0.05) is 56.1 Å². The molecule has 0 bridgehead atoms. The maximum absolute atomic E-state index is 14.7. The summed E-state index contributed by atoms with van der Waals surface area (Å²) in [5, 5.41) is 25.3.